The number of carbonyl (C=O) groups excluding carboxylic acids is 2. The highest BCUT2D eigenvalue weighted by atomic mass is 32.2. The number of carbonyl (C=O) groups is 2. The van der Waals surface area contributed by atoms with E-state index in [0.717, 1.165) is 30.5 Å². The molecule has 7 nitrogen and oxygen atoms in total. The van der Waals surface area contributed by atoms with Crippen LogP contribution < -0.4 is 4.90 Å². The number of benzene rings is 1. The molecule has 0 aromatic heterocycles. The Hall–Kier alpha value is -1.93. The van der Waals surface area contributed by atoms with Crippen molar-refractivity contribution in [2.75, 3.05) is 36.1 Å². The van der Waals surface area contributed by atoms with E-state index in [4.69, 9.17) is 4.74 Å². The van der Waals surface area contributed by atoms with Crippen molar-refractivity contribution in [2.24, 2.45) is 5.92 Å². The van der Waals surface area contributed by atoms with Crippen molar-refractivity contribution in [3.8, 4) is 0 Å². The normalized spacial score (nSPS) is 28.2. The van der Waals surface area contributed by atoms with Gasteiger partial charge in [-0.3, -0.25) is 9.59 Å². The first-order valence-electron chi connectivity index (χ1n) is 10.9. The van der Waals surface area contributed by atoms with Gasteiger partial charge >= 0.3 is 0 Å². The molecule has 1 aromatic carbocycles. The third kappa shape index (κ3) is 4.39. The second-order valence-corrected chi connectivity index (χ2v) is 10.8. The molecule has 3 atom stereocenters. The molecule has 1 aromatic rings. The minimum absolute atomic E-state index is 0.00844. The number of anilines is 1. The van der Waals surface area contributed by atoms with Crippen LogP contribution in [0.3, 0.4) is 0 Å². The van der Waals surface area contributed by atoms with E-state index in [1.165, 1.54) is 0 Å². The molecule has 8 heteroatoms. The van der Waals surface area contributed by atoms with Gasteiger partial charge in [-0.2, -0.15) is 0 Å². The zero-order valence-electron chi connectivity index (χ0n) is 17.5. The smallest absolute Gasteiger partial charge is 0.228 e. The van der Waals surface area contributed by atoms with E-state index in [9.17, 15) is 18.0 Å². The Bertz CT molecular complexity index is 910. The minimum atomic E-state index is -3.12. The van der Waals surface area contributed by atoms with Gasteiger partial charge in [0, 0.05) is 37.8 Å². The molecule has 0 N–H and O–H groups in total. The molecule has 164 valence electrons. The summed E-state index contributed by atoms with van der Waals surface area (Å²) < 4.78 is 29.8. The Morgan fingerprint density at radius 3 is 2.73 bits per heavy atom. The number of hydrogen-bond acceptors (Lipinski definition) is 5. The summed E-state index contributed by atoms with van der Waals surface area (Å²) in [5, 5.41) is 0. The Balaban J connectivity index is 1.53. The molecule has 3 saturated heterocycles. The predicted molar refractivity (Wildman–Crippen MR) is 114 cm³/mol. The second kappa shape index (κ2) is 8.67. The van der Waals surface area contributed by atoms with Crippen molar-refractivity contribution in [3.05, 3.63) is 29.8 Å². The lowest BCUT2D eigenvalue weighted by Gasteiger charge is -2.32. The highest BCUT2D eigenvalue weighted by molar-refractivity contribution is 7.91. The topological polar surface area (TPSA) is 84.0 Å². The average molecular weight is 435 g/mol. The zero-order chi connectivity index (χ0) is 21.3. The summed E-state index contributed by atoms with van der Waals surface area (Å²) in [5.74, 6) is -0.490. The van der Waals surface area contributed by atoms with Crippen molar-refractivity contribution in [1.29, 1.82) is 0 Å². The first-order valence-corrected chi connectivity index (χ1v) is 12.7. The fourth-order valence-corrected chi connectivity index (χ4v) is 6.59. The van der Waals surface area contributed by atoms with Gasteiger partial charge in [-0.25, -0.2) is 8.42 Å². The zero-order valence-corrected chi connectivity index (χ0v) is 18.3. The number of aryl methyl sites for hydroxylation is 1. The lowest BCUT2D eigenvalue weighted by molar-refractivity contribution is -0.139. The van der Waals surface area contributed by atoms with Crippen LogP contribution in [0.15, 0.2) is 24.3 Å². The molecule has 0 spiro atoms. The number of ether oxygens (including phenoxy) is 1. The quantitative estimate of drug-likeness (QED) is 0.682. The molecule has 3 unspecified atom stereocenters. The number of sulfone groups is 1. The van der Waals surface area contributed by atoms with Crippen LogP contribution in [0.2, 0.25) is 0 Å². The maximum absolute atomic E-state index is 13.5. The average Bonchev–Trinajstić information content (AvgIpc) is 3.46. The summed E-state index contributed by atoms with van der Waals surface area (Å²) in [6.07, 6.45) is 3.22. The van der Waals surface area contributed by atoms with E-state index in [1.807, 2.05) is 31.2 Å². The van der Waals surface area contributed by atoms with Gasteiger partial charge in [0.25, 0.3) is 0 Å². The fraction of sp³-hybridized carbons (Fsp3) is 0.636. The third-order valence-electron chi connectivity index (χ3n) is 6.49. The van der Waals surface area contributed by atoms with Crippen LogP contribution in [0, 0.1) is 5.92 Å². The van der Waals surface area contributed by atoms with Crippen molar-refractivity contribution in [3.63, 3.8) is 0 Å². The Kier molecular flexibility index (Phi) is 6.16. The van der Waals surface area contributed by atoms with E-state index in [1.54, 1.807) is 9.80 Å². The third-order valence-corrected chi connectivity index (χ3v) is 8.24. The Morgan fingerprint density at radius 1 is 1.27 bits per heavy atom. The van der Waals surface area contributed by atoms with Crippen LogP contribution in [0.5, 0.6) is 0 Å². The SMILES string of the molecule is CCc1ccccc1N1CC(C(=O)N(CC2CCCO2)C2CCS(=O)(=O)C2)CC1=O. The van der Waals surface area contributed by atoms with Crippen LogP contribution in [0.25, 0.3) is 0 Å². The number of rotatable bonds is 6. The molecule has 2 amide bonds. The maximum Gasteiger partial charge on any atom is 0.228 e. The van der Waals surface area contributed by atoms with Crippen LogP contribution in [0.4, 0.5) is 5.69 Å². The first-order chi connectivity index (χ1) is 14.4. The second-order valence-electron chi connectivity index (χ2n) is 8.57. The predicted octanol–water partition coefficient (Wildman–Crippen LogP) is 1.80. The van der Waals surface area contributed by atoms with E-state index >= 15 is 0 Å². The highest BCUT2D eigenvalue weighted by Crippen LogP contribution is 2.31. The molecule has 30 heavy (non-hydrogen) atoms. The minimum Gasteiger partial charge on any atom is -0.376 e. The maximum atomic E-state index is 13.5. The summed E-state index contributed by atoms with van der Waals surface area (Å²) in [4.78, 5) is 29.7. The number of nitrogens with zero attached hydrogens (tertiary/aromatic N) is 2. The van der Waals surface area contributed by atoms with Crippen molar-refractivity contribution >= 4 is 27.3 Å². The van der Waals surface area contributed by atoms with Crippen LogP contribution >= 0.6 is 0 Å². The van der Waals surface area contributed by atoms with Gasteiger partial charge < -0.3 is 14.5 Å². The Morgan fingerprint density at radius 2 is 2.07 bits per heavy atom. The van der Waals surface area contributed by atoms with E-state index in [0.29, 0.717) is 26.1 Å². The summed E-state index contributed by atoms with van der Waals surface area (Å²) in [5.41, 5.74) is 1.95. The lowest BCUT2D eigenvalue weighted by Crippen LogP contribution is -2.48. The standard InChI is InChI=1S/C22H30N2O5S/c1-2-16-6-3-4-8-20(16)24-13-17(12-21(24)25)22(26)23(14-19-7-5-10-29-19)18-9-11-30(27,28)15-18/h3-4,6,8,17-19H,2,5,7,9-15H2,1H3. The number of hydrogen-bond donors (Lipinski definition) is 0. The van der Waals surface area contributed by atoms with Crippen molar-refractivity contribution in [1.82, 2.24) is 4.90 Å². The summed E-state index contributed by atoms with van der Waals surface area (Å²) in [7, 11) is -3.12. The molecule has 4 rings (SSSR count). The molecule has 0 saturated carbocycles. The molecular formula is C22H30N2O5S. The molecule has 3 aliphatic heterocycles. The summed E-state index contributed by atoms with van der Waals surface area (Å²) in [6.45, 7) is 3.48. The molecule has 0 aliphatic carbocycles. The largest absolute Gasteiger partial charge is 0.376 e. The molecule has 0 radical (unpaired) electrons. The molecule has 3 fully saturated rings. The van der Waals surface area contributed by atoms with Gasteiger partial charge in [-0.1, -0.05) is 25.1 Å². The van der Waals surface area contributed by atoms with Gasteiger partial charge in [0.05, 0.1) is 23.5 Å². The van der Waals surface area contributed by atoms with E-state index < -0.39 is 15.8 Å². The summed E-state index contributed by atoms with van der Waals surface area (Å²) >= 11 is 0. The van der Waals surface area contributed by atoms with Crippen LogP contribution in [-0.2, 0) is 30.6 Å². The van der Waals surface area contributed by atoms with Gasteiger partial charge in [-0.05, 0) is 37.3 Å². The Labute approximate surface area is 178 Å². The van der Waals surface area contributed by atoms with Gasteiger partial charge in [0.15, 0.2) is 9.84 Å². The van der Waals surface area contributed by atoms with Crippen molar-refractivity contribution in [2.45, 2.75) is 51.2 Å². The lowest BCUT2D eigenvalue weighted by atomic mass is 10.0. The number of para-hydroxylation sites is 1. The molecule has 3 aliphatic rings. The van der Waals surface area contributed by atoms with E-state index in [2.05, 4.69) is 0 Å². The van der Waals surface area contributed by atoms with Gasteiger partial charge in [-0.15, -0.1) is 0 Å². The number of amides is 2. The van der Waals surface area contributed by atoms with Crippen molar-refractivity contribution < 1.29 is 22.7 Å². The molecule has 3 heterocycles. The summed E-state index contributed by atoms with van der Waals surface area (Å²) in [6, 6.07) is 7.47. The molecule has 0 bridgehead atoms. The first kappa shape index (κ1) is 21.3. The van der Waals surface area contributed by atoms with E-state index in [-0.39, 0.29) is 41.9 Å². The molecular weight excluding hydrogens is 404 g/mol. The highest BCUT2D eigenvalue weighted by Gasteiger charge is 2.42. The monoisotopic (exact) mass is 434 g/mol. The fourth-order valence-electron chi connectivity index (χ4n) is 4.86. The van der Waals surface area contributed by atoms with Crippen LogP contribution in [-0.4, -0.2) is 68.5 Å². The van der Waals surface area contributed by atoms with Gasteiger partial charge in [0.2, 0.25) is 11.8 Å². The van der Waals surface area contributed by atoms with Crippen LogP contribution in [0.1, 0.15) is 38.2 Å². The van der Waals surface area contributed by atoms with Gasteiger partial charge in [0.1, 0.15) is 0 Å².